The fourth-order valence-electron chi connectivity index (χ4n) is 2.57. The van der Waals surface area contributed by atoms with Gasteiger partial charge >= 0.3 is 0 Å². The van der Waals surface area contributed by atoms with E-state index in [9.17, 15) is 8.42 Å². The highest BCUT2D eigenvalue weighted by Crippen LogP contribution is 2.26. The van der Waals surface area contributed by atoms with Gasteiger partial charge in [0.05, 0.1) is 4.90 Å². The minimum atomic E-state index is -3.50. The van der Waals surface area contributed by atoms with Gasteiger partial charge in [0.15, 0.2) is 0 Å². The second kappa shape index (κ2) is 6.34. The molecule has 0 amide bonds. The van der Waals surface area contributed by atoms with E-state index in [0.29, 0.717) is 18.3 Å². The van der Waals surface area contributed by atoms with E-state index in [1.165, 1.54) is 18.9 Å². The first-order valence-electron chi connectivity index (χ1n) is 7.45. The SMILES string of the molecule is CCN(CCNS(=O)(=O)c1cc(N)cc(C)c1C)C1CC1. The molecule has 1 aromatic rings. The first kappa shape index (κ1) is 16.3. The Morgan fingerprint density at radius 3 is 2.57 bits per heavy atom. The first-order valence-corrected chi connectivity index (χ1v) is 8.94. The summed E-state index contributed by atoms with van der Waals surface area (Å²) in [7, 11) is -3.50. The van der Waals surface area contributed by atoms with E-state index < -0.39 is 10.0 Å². The van der Waals surface area contributed by atoms with Gasteiger partial charge in [-0.2, -0.15) is 0 Å². The fraction of sp³-hybridized carbons (Fsp3) is 0.600. The van der Waals surface area contributed by atoms with Gasteiger partial charge in [0.1, 0.15) is 0 Å². The van der Waals surface area contributed by atoms with E-state index in [-0.39, 0.29) is 4.90 Å². The highest BCUT2D eigenvalue weighted by Gasteiger charge is 2.27. The molecule has 0 bridgehead atoms. The van der Waals surface area contributed by atoms with Gasteiger partial charge in [-0.15, -0.1) is 0 Å². The molecule has 118 valence electrons. The molecule has 0 radical (unpaired) electrons. The van der Waals surface area contributed by atoms with Crippen LogP contribution in [0, 0.1) is 13.8 Å². The Bertz CT molecular complexity index is 610. The lowest BCUT2D eigenvalue weighted by Gasteiger charge is -2.20. The Balaban J connectivity index is 2.04. The summed E-state index contributed by atoms with van der Waals surface area (Å²) in [4.78, 5) is 2.61. The Labute approximate surface area is 127 Å². The fourth-order valence-corrected chi connectivity index (χ4v) is 3.94. The topological polar surface area (TPSA) is 75.4 Å². The van der Waals surface area contributed by atoms with Crippen LogP contribution in [0.15, 0.2) is 17.0 Å². The number of hydrogen-bond acceptors (Lipinski definition) is 4. The predicted molar refractivity (Wildman–Crippen MR) is 85.8 cm³/mol. The number of aryl methyl sites for hydroxylation is 1. The molecule has 1 fully saturated rings. The van der Waals surface area contributed by atoms with E-state index in [0.717, 1.165) is 24.2 Å². The molecule has 0 spiro atoms. The van der Waals surface area contributed by atoms with Crippen molar-refractivity contribution in [1.82, 2.24) is 9.62 Å². The van der Waals surface area contributed by atoms with Crippen LogP contribution in [0.4, 0.5) is 5.69 Å². The van der Waals surface area contributed by atoms with Crippen molar-refractivity contribution in [2.45, 2.75) is 44.6 Å². The quantitative estimate of drug-likeness (QED) is 0.751. The van der Waals surface area contributed by atoms with Crippen molar-refractivity contribution >= 4 is 15.7 Å². The minimum Gasteiger partial charge on any atom is -0.399 e. The second-order valence-electron chi connectivity index (χ2n) is 5.72. The van der Waals surface area contributed by atoms with Crippen molar-refractivity contribution in [3.05, 3.63) is 23.3 Å². The van der Waals surface area contributed by atoms with E-state index in [1.807, 2.05) is 13.8 Å². The average Bonchev–Trinajstić information content (AvgIpc) is 3.23. The lowest BCUT2D eigenvalue weighted by Crippen LogP contribution is -2.36. The van der Waals surface area contributed by atoms with Gasteiger partial charge in [-0.25, -0.2) is 13.1 Å². The molecule has 0 unspecified atom stereocenters. The van der Waals surface area contributed by atoms with Crippen LogP contribution < -0.4 is 10.5 Å². The zero-order valence-electron chi connectivity index (χ0n) is 13.0. The third-order valence-electron chi connectivity index (χ3n) is 4.09. The predicted octanol–water partition coefficient (Wildman–Crippen LogP) is 1.65. The van der Waals surface area contributed by atoms with Crippen molar-refractivity contribution in [2.75, 3.05) is 25.4 Å². The monoisotopic (exact) mass is 311 g/mol. The number of likely N-dealkylation sites (N-methyl/N-ethyl adjacent to an activating group) is 1. The van der Waals surface area contributed by atoms with Crippen LogP contribution in [0.5, 0.6) is 0 Å². The Morgan fingerprint density at radius 2 is 2.00 bits per heavy atom. The summed E-state index contributed by atoms with van der Waals surface area (Å²) in [5.74, 6) is 0. The number of benzene rings is 1. The molecule has 5 nitrogen and oxygen atoms in total. The summed E-state index contributed by atoms with van der Waals surface area (Å²) in [5, 5.41) is 0. The number of nitrogens with two attached hydrogens (primary N) is 1. The van der Waals surface area contributed by atoms with Gasteiger partial charge in [-0.05, 0) is 56.5 Å². The Hall–Kier alpha value is -1.11. The van der Waals surface area contributed by atoms with Crippen molar-refractivity contribution < 1.29 is 8.42 Å². The molecule has 0 aromatic heterocycles. The second-order valence-corrected chi connectivity index (χ2v) is 7.45. The lowest BCUT2D eigenvalue weighted by atomic mass is 10.1. The maximum atomic E-state index is 12.4. The normalized spacial score (nSPS) is 15.6. The molecule has 1 aromatic carbocycles. The molecule has 0 heterocycles. The smallest absolute Gasteiger partial charge is 0.240 e. The third kappa shape index (κ3) is 3.96. The number of nitrogens with zero attached hydrogens (tertiary/aromatic N) is 1. The van der Waals surface area contributed by atoms with Gasteiger partial charge in [-0.3, -0.25) is 4.90 Å². The van der Waals surface area contributed by atoms with E-state index in [4.69, 9.17) is 5.73 Å². The van der Waals surface area contributed by atoms with Gasteiger partial charge in [0.2, 0.25) is 10.0 Å². The molecule has 1 saturated carbocycles. The molecule has 6 heteroatoms. The van der Waals surface area contributed by atoms with Crippen LogP contribution in [-0.4, -0.2) is 39.0 Å². The van der Waals surface area contributed by atoms with Crippen LogP contribution in [0.1, 0.15) is 30.9 Å². The summed E-state index contributed by atoms with van der Waals surface area (Å²) >= 11 is 0. The first-order chi connectivity index (χ1) is 9.85. The van der Waals surface area contributed by atoms with E-state index in [2.05, 4.69) is 16.5 Å². The molecule has 2 rings (SSSR count). The van der Waals surface area contributed by atoms with Gasteiger partial charge in [0, 0.05) is 24.8 Å². The van der Waals surface area contributed by atoms with Crippen LogP contribution >= 0.6 is 0 Å². The molecular formula is C15H25N3O2S. The molecule has 0 aliphatic heterocycles. The largest absolute Gasteiger partial charge is 0.399 e. The van der Waals surface area contributed by atoms with Crippen molar-refractivity contribution in [3.63, 3.8) is 0 Å². The van der Waals surface area contributed by atoms with Crippen molar-refractivity contribution in [1.29, 1.82) is 0 Å². The number of hydrogen-bond donors (Lipinski definition) is 2. The maximum absolute atomic E-state index is 12.4. The standard InChI is InChI=1S/C15H25N3O2S/c1-4-18(14-5-6-14)8-7-17-21(19,20)15-10-13(16)9-11(2)12(15)3/h9-10,14,17H,4-8,16H2,1-3H3. The number of nitrogens with one attached hydrogen (secondary N) is 1. The van der Waals surface area contributed by atoms with Gasteiger partial charge < -0.3 is 5.73 Å². The van der Waals surface area contributed by atoms with Crippen LogP contribution in [-0.2, 0) is 10.0 Å². The summed E-state index contributed by atoms with van der Waals surface area (Å²) in [6.45, 7) is 7.93. The Kier molecular flexibility index (Phi) is 4.91. The highest BCUT2D eigenvalue weighted by molar-refractivity contribution is 7.89. The molecule has 21 heavy (non-hydrogen) atoms. The molecular weight excluding hydrogens is 286 g/mol. The minimum absolute atomic E-state index is 0.287. The zero-order chi connectivity index (χ0) is 15.6. The van der Waals surface area contributed by atoms with E-state index >= 15 is 0 Å². The van der Waals surface area contributed by atoms with E-state index in [1.54, 1.807) is 6.07 Å². The highest BCUT2D eigenvalue weighted by atomic mass is 32.2. The van der Waals surface area contributed by atoms with Crippen LogP contribution in [0.3, 0.4) is 0 Å². The van der Waals surface area contributed by atoms with Crippen LogP contribution in [0.25, 0.3) is 0 Å². The number of sulfonamides is 1. The molecule has 0 atom stereocenters. The molecule has 1 aliphatic rings. The lowest BCUT2D eigenvalue weighted by molar-refractivity contribution is 0.282. The Morgan fingerprint density at radius 1 is 1.33 bits per heavy atom. The zero-order valence-corrected chi connectivity index (χ0v) is 13.8. The summed E-state index contributed by atoms with van der Waals surface area (Å²) < 4.78 is 27.5. The average molecular weight is 311 g/mol. The van der Waals surface area contributed by atoms with Crippen LogP contribution in [0.2, 0.25) is 0 Å². The molecule has 1 aliphatic carbocycles. The van der Waals surface area contributed by atoms with Crippen molar-refractivity contribution in [3.8, 4) is 0 Å². The molecule has 3 N–H and O–H groups in total. The van der Waals surface area contributed by atoms with Gasteiger partial charge in [-0.1, -0.05) is 6.92 Å². The number of nitrogen functional groups attached to an aromatic ring is 1. The summed E-state index contributed by atoms with van der Waals surface area (Å²) in [6, 6.07) is 3.97. The van der Waals surface area contributed by atoms with Crippen molar-refractivity contribution in [2.24, 2.45) is 0 Å². The van der Waals surface area contributed by atoms with Gasteiger partial charge in [0.25, 0.3) is 0 Å². The number of rotatable bonds is 7. The molecule has 0 saturated heterocycles. The summed E-state index contributed by atoms with van der Waals surface area (Å²) in [6.07, 6.45) is 2.46. The summed E-state index contributed by atoms with van der Waals surface area (Å²) in [5.41, 5.74) is 7.90. The third-order valence-corrected chi connectivity index (χ3v) is 5.68. The number of anilines is 1. The maximum Gasteiger partial charge on any atom is 0.240 e.